The van der Waals surface area contributed by atoms with Gasteiger partial charge in [0.2, 0.25) is 5.91 Å². The van der Waals surface area contributed by atoms with E-state index in [1.54, 1.807) is 18.2 Å². The first kappa shape index (κ1) is 12.1. The van der Waals surface area contributed by atoms with E-state index in [2.05, 4.69) is 16.9 Å². The third-order valence-electron chi connectivity index (χ3n) is 1.46. The minimum atomic E-state index is -0.0725. The lowest BCUT2D eigenvalue weighted by atomic mass is 10.4. The smallest absolute Gasteiger partial charge is 0.235 e. The molecule has 0 saturated carbocycles. The Hall–Kier alpha value is -1.00. The molecule has 80 valence electrons. The highest BCUT2D eigenvalue weighted by atomic mass is 35.5. The maximum atomic E-state index is 11.3. The normalized spacial score (nSPS) is 9.67. The van der Waals surface area contributed by atoms with E-state index in [1.807, 2.05) is 0 Å². The summed E-state index contributed by atoms with van der Waals surface area (Å²) in [5, 5.41) is 3.21. The number of pyridine rings is 1. The molecule has 1 amide bonds. The van der Waals surface area contributed by atoms with Crippen molar-refractivity contribution in [3.05, 3.63) is 36.0 Å². The molecule has 0 atom stereocenters. The van der Waals surface area contributed by atoms with E-state index in [0.717, 1.165) is 5.75 Å². The Balaban J connectivity index is 2.37. The molecular weight excluding hydrogens is 232 g/mol. The maximum Gasteiger partial charge on any atom is 0.235 e. The second kappa shape index (κ2) is 6.48. The van der Waals surface area contributed by atoms with Gasteiger partial charge in [0.1, 0.15) is 5.82 Å². The van der Waals surface area contributed by atoms with E-state index in [4.69, 9.17) is 11.6 Å². The van der Waals surface area contributed by atoms with Crippen molar-refractivity contribution >= 4 is 35.1 Å². The predicted octanol–water partition coefficient (Wildman–Crippen LogP) is 2.59. The summed E-state index contributed by atoms with van der Waals surface area (Å²) in [6.07, 6.45) is 3.26. The molecule has 0 saturated heterocycles. The van der Waals surface area contributed by atoms with Crippen molar-refractivity contribution < 1.29 is 4.79 Å². The lowest BCUT2D eigenvalue weighted by molar-refractivity contribution is -0.113. The van der Waals surface area contributed by atoms with Crippen LogP contribution >= 0.6 is 23.4 Å². The SMILES string of the molecule is C=CCSCC(=O)Nc1ccc(Cl)cn1. The number of aromatic nitrogens is 1. The summed E-state index contributed by atoms with van der Waals surface area (Å²) in [5.41, 5.74) is 0. The van der Waals surface area contributed by atoms with Gasteiger partial charge in [-0.25, -0.2) is 4.98 Å². The average Bonchev–Trinajstić information content (AvgIpc) is 2.22. The average molecular weight is 243 g/mol. The Kier molecular flexibility index (Phi) is 5.21. The van der Waals surface area contributed by atoms with Crippen LogP contribution < -0.4 is 5.32 Å². The Morgan fingerprint density at radius 3 is 3.07 bits per heavy atom. The minimum Gasteiger partial charge on any atom is -0.310 e. The molecule has 3 nitrogen and oxygen atoms in total. The van der Waals surface area contributed by atoms with Crippen LogP contribution in [0, 0.1) is 0 Å². The van der Waals surface area contributed by atoms with Crippen molar-refractivity contribution in [3.63, 3.8) is 0 Å². The topological polar surface area (TPSA) is 42.0 Å². The number of amides is 1. The van der Waals surface area contributed by atoms with Crippen molar-refractivity contribution in [2.75, 3.05) is 16.8 Å². The molecule has 15 heavy (non-hydrogen) atoms. The fourth-order valence-corrected chi connectivity index (χ4v) is 1.52. The van der Waals surface area contributed by atoms with Gasteiger partial charge in [-0.1, -0.05) is 17.7 Å². The summed E-state index contributed by atoms with van der Waals surface area (Å²) < 4.78 is 0. The van der Waals surface area contributed by atoms with E-state index < -0.39 is 0 Å². The van der Waals surface area contributed by atoms with Crippen LogP contribution in [0.25, 0.3) is 0 Å². The number of nitrogens with zero attached hydrogens (tertiary/aromatic N) is 1. The zero-order valence-electron chi connectivity index (χ0n) is 8.07. The molecule has 0 radical (unpaired) electrons. The van der Waals surface area contributed by atoms with E-state index in [1.165, 1.54) is 18.0 Å². The second-order valence-electron chi connectivity index (χ2n) is 2.71. The van der Waals surface area contributed by atoms with Gasteiger partial charge in [0.05, 0.1) is 10.8 Å². The first-order chi connectivity index (χ1) is 7.22. The van der Waals surface area contributed by atoms with Crippen molar-refractivity contribution in [2.45, 2.75) is 0 Å². The lowest BCUT2D eigenvalue weighted by Crippen LogP contribution is -2.14. The van der Waals surface area contributed by atoms with Gasteiger partial charge in [-0.3, -0.25) is 4.79 Å². The minimum absolute atomic E-state index is 0.0725. The number of halogens is 1. The van der Waals surface area contributed by atoms with Gasteiger partial charge < -0.3 is 5.32 Å². The highest BCUT2D eigenvalue weighted by molar-refractivity contribution is 8.00. The monoisotopic (exact) mass is 242 g/mol. The van der Waals surface area contributed by atoms with Crippen molar-refractivity contribution in [3.8, 4) is 0 Å². The van der Waals surface area contributed by atoms with E-state index in [9.17, 15) is 4.79 Å². The molecule has 1 N–H and O–H groups in total. The van der Waals surface area contributed by atoms with Gasteiger partial charge >= 0.3 is 0 Å². The number of thioether (sulfide) groups is 1. The van der Waals surface area contributed by atoms with Crippen LogP contribution in [0.5, 0.6) is 0 Å². The van der Waals surface area contributed by atoms with Crippen molar-refractivity contribution in [1.29, 1.82) is 0 Å². The highest BCUT2D eigenvalue weighted by Crippen LogP contribution is 2.10. The van der Waals surface area contributed by atoms with E-state index >= 15 is 0 Å². The summed E-state index contributed by atoms with van der Waals surface area (Å²) >= 11 is 7.16. The van der Waals surface area contributed by atoms with Gasteiger partial charge in [-0.2, -0.15) is 0 Å². The Morgan fingerprint density at radius 1 is 1.67 bits per heavy atom. The van der Waals surface area contributed by atoms with Gasteiger partial charge in [-0.05, 0) is 12.1 Å². The molecule has 1 aromatic heterocycles. The largest absolute Gasteiger partial charge is 0.310 e. The number of nitrogens with one attached hydrogen (secondary N) is 1. The number of rotatable bonds is 5. The molecule has 0 fully saturated rings. The van der Waals surface area contributed by atoms with Crippen LogP contribution in [0.2, 0.25) is 5.02 Å². The fraction of sp³-hybridized carbons (Fsp3) is 0.200. The number of anilines is 1. The summed E-state index contributed by atoms with van der Waals surface area (Å²) in [6.45, 7) is 3.57. The van der Waals surface area contributed by atoms with Crippen molar-refractivity contribution in [1.82, 2.24) is 4.98 Å². The molecule has 0 bridgehead atoms. The van der Waals surface area contributed by atoms with Crippen LogP contribution in [-0.4, -0.2) is 22.4 Å². The number of carbonyl (C=O) groups excluding carboxylic acids is 1. The van der Waals surface area contributed by atoms with Crippen LogP contribution in [0.3, 0.4) is 0 Å². The van der Waals surface area contributed by atoms with Crippen molar-refractivity contribution in [2.24, 2.45) is 0 Å². The lowest BCUT2D eigenvalue weighted by Gasteiger charge is -2.02. The number of hydrogen-bond acceptors (Lipinski definition) is 3. The van der Waals surface area contributed by atoms with Gasteiger partial charge in [0, 0.05) is 11.9 Å². The molecule has 1 aromatic rings. The van der Waals surface area contributed by atoms with Crippen LogP contribution in [0.15, 0.2) is 31.0 Å². The molecule has 1 rings (SSSR count). The van der Waals surface area contributed by atoms with Gasteiger partial charge in [0.15, 0.2) is 0 Å². The van der Waals surface area contributed by atoms with Gasteiger partial charge in [0.25, 0.3) is 0 Å². The van der Waals surface area contributed by atoms with Crippen LogP contribution in [0.4, 0.5) is 5.82 Å². The standard InChI is InChI=1S/C10H11ClN2OS/c1-2-5-15-7-10(14)13-9-4-3-8(11)6-12-9/h2-4,6H,1,5,7H2,(H,12,13,14). The first-order valence-electron chi connectivity index (χ1n) is 4.32. The number of hydrogen-bond donors (Lipinski definition) is 1. The molecule has 0 aromatic carbocycles. The van der Waals surface area contributed by atoms with Crippen LogP contribution in [-0.2, 0) is 4.79 Å². The molecule has 0 unspecified atom stereocenters. The molecule has 1 heterocycles. The van der Waals surface area contributed by atoms with Gasteiger partial charge in [-0.15, -0.1) is 18.3 Å². The predicted molar refractivity (Wildman–Crippen MR) is 65.4 cm³/mol. The van der Waals surface area contributed by atoms with Crippen LogP contribution in [0.1, 0.15) is 0 Å². The highest BCUT2D eigenvalue weighted by Gasteiger charge is 2.02. The summed E-state index contributed by atoms with van der Waals surface area (Å²) in [7, 11) is 0. The molecule has 0 aliphatic heterocycles. The van der Waals surface area contributed by atoms with E-state index in [-0.39, 0.29) is 5.91 Å². The maximum absolute atomic E-state index is 11.3. The Morgan fingerprint density at radius 2 is 2.47 bits per heavy atom. The fourth-order valence-electron chi connectivity index (χ4n) is 0.864. The summed E-state index contributed by atoms with van der Waals surface area (Å²) in [5.74, 6) is 1.61. The Bertz CT molecular complexity index is 340. The molecule has 0 aliphatic carbocycles. The third kappa shape index (κ3) is 4.85. The molecular formula is C10H11ClN2OS. The summed E-state index contributed by atoms with van der Waals surface area (Å²) in [6, 6.07) is 3.35. The quantitative estimate of drug-likeness (QED) is 0.638. The zero-order valence-corrected chi connectivity index (χ0v) is 9.64. The van der Waals surface area contributed by atoms with E-state index in [0.29, 0.717) is 16.6 Å². The third-order valence-corrected chi connectivity index (χ3v) is 2.63. The zero-order chi connectivity index (χ0) is 11.1. The number of carbonyl (C=O) groups is 1. The molecule has 5 heteroatoms. The Labute approximate surface area is 97.9 Å². The first-order valence-corrected chi connectivity index (χ1v) is 5.85. The molecule has 0 spiro atoms. The second-order valence-corrected chi connectivity index (χ2v) is 4.18. The summed E-state index contributed by atoms with van der Waals surface area (Å²) in [4.78, 5) is 15.3. The molecule has 0 aliphatic rings.